The van der Waals surface area contributed by atoms with Crippen molar-refractivity contribution in [3.8, 4) is 17.0 Å². The smallest absolute Gasteiger partial charge is 0.249 e. The minimum absolute atomic E-state index is 0.142. The van der Waals surface area contributed by atoms with Crippen LogP contribution in [0, 0.1) is 0 Å². The molecule has 102 valence electrons. The van der Waals surface area contributed by atoms with Gasteiger partial charge < -0.3 is 10.1 Å². The highest BCUT2D eigenvalue weighted by atomic mass is 16.3. The first kappa shape index (κ1) is 11.7. The molecular weight excluding hydrogens is 268 g/mol. The van der Waals surface area contributed by atoms with Gasteiger partial charge in [-0.3, -0.25) is 14.9 Å². The molecule has 0 fully saturated rings. The number of aromatic amines is 2. The summed E-state index contributed by atoms with van der Waals surface area (Å²) in [6.07, 6.45) is 1.68. The van der Waals surface area contributed by atoms with E-state index in [1.54, 1.807) is 30.5 Å². The van der Waals surface area contributed by atoms with Crippen LogP contribution in [0.2, 0.25) is 0 Å². The van der Waals surface area contributed by atoms with Crippen molar-refractivity contribution in [2.45, 2.75) is 0 Å². The molecule has 0 aliphatic rings. The van der Waals surface area contributed by atoms with Crippen LogP contribution in [0.3, 0.4) is 0 Å². The van der Waals surface area contributed by atoms with Gasteiger partial charge in [-0.2, -0.15) is 5.10 Å². The minimum Gasteiger partial charge on any atom is -0.507 e. The fourth-order valence-electron chi connectivity index (χ4n) is 2.47. The Morgan fingerprint density at radius 1 is 1.10 bits per heavy atom. The van der Waals surface area contributed by atoms with Gasteiger partial charge in [0.1, 0.15) is 11.3 Å². The summed E-state index contributed by atoms with van der Waals surface area (Å²) >= 11 is 0. The SMILES string of the molecule is O=c1ccc2cnc3c(-c4ccccc4O)[nH]nc([nH]1)c23. The second-order valence-corrected chi connectivity index (χ2v) is 4.72. The number of aromatic hydroxyl groups is 1. The number of nitrogens with zero attached hydrogens (tertiary/aromatic N) is 2. The van der Waals surface area contributed by atoms with Crippen LogP contribution in [-0.2, 0) is 0 Å². The minimum atomic E-state index is -0.233. The molecule has 4 aromatic rings. The molecular formula is C15H10N4O2. The van der Waals surface area contributed by atoms with E-state index in [0.29, 0.717) is 22.4 Å². The predicted octanol–water partition coefficient (Wildman–Crippen LogP) is 2.17. The lowest BCUT2D eigenvalue weighted by atomic mass is 10.1. The molecule has 0 amide bonds. The quantitative estimate of drug-likeness (QED) is 0.497. The second-order valence-electron chi connectivity index (χ2n) is 4.72. The Labute approximate surface area is 118 Å². The Morgan fingerprint density at radius 3 is 2.81 bits per heavy atom. The van der Waals surface area contributed by atoms with Crippen molar-refractivity contribution in [1.29, 1.82) is 0 Å². The number of rotatable bonds is 1. The highest BCUT2D eigenvalue weighted by molar-refractivity contribution is 6.10. The number of benzene rings is 1. The van der Waals surface area contributed by atoms with Crippen LogP contribution in [0.25, 0.3) is 33.2 Å². The number of aromatic nitrogens is 4. The van der Waals surface area contributed by atoms with Crippen LogP contribution >= 0.6 is 0 Å². The topological polar surface area (TPSA) is 94.7 Å². The van der Waals surface area contributed by atoms with E-state index in [2.05, 4.69) is 20.2 Å². The van der Waals surface area contributed by atoms with Crippen molar-refractivity contribution in [3.05, 3.63) is 52.9 Å². The fourth-order valence-corrected chi connectivity index (χ4v) is 2.47. The summed E-state index contributed by atoms with van der Waals surface area (Å²) in [6.45, 7) is 0. The van der Waals surface area contributed by atoms with Gasteiger partial charge in [0.2, 0.25) is 5.56 Å². The van der Waals surface area contributed by atoms with Crippen LogP contribution in [0.4, 0.5) is 0 Å². The monoisotopic (exact) mass is 278 g/mol. The lowest BCUT2D eigenvalue weighted by Crippen LogP contribution is -2.00. The third-order valence-corrected chi connectivity index (χ3v) is 3.44. The zero-order valence-electron chi connectivity index (χ0n) is 10.8. The van der Waals surface area contributed by atoms with E-state index in [-0.39, 0.29) is 11.3 Å². The van der Waals surface area contributed by atoms with Gasteiger partial charge in [0, 0.05) is 23.2 Å². The van der Waals surface area contributed by atoms with Crippen molar-refractivity contribution >= 4 is 21.9 Å². The van der Waals surface area contributed by atoms with Crippen molar-refractivity contribution in [2.75, 3.05) is 0 Å². The van der Waals surface area contributed by atoms with Crippen molar-refractivity contribution < 1.29 is 5.11 Å². The Bertz CT molecular complexity index is 1030. The summed E-state index contributed by atoms with van der Waals surface area (Å²) in [7, 11) is 0. The van der Waals surface area contributed by atoms with E-state index in [4.69, 9.17) is 0 Å². The van der Waals surface area contributed by atoms with Gasteiger partial charge >= 0.3 is 0 Å². The van der Waals surface area contributed by atoms with Crippen LogP contribution in [0.15, 0.2) is 47.4 Å². The molecule has 0 aliphatic carbocycles. The molecule has 0 bridgehead atoms. The van der Waals surface area contributed by atoms with E-state index in [0.717, 1.165) is 10.8 Å². The lowest BCUT2D eigenvalue weighted by Gasteiger charge is -2.05. The number of H-pyrrole nitrogens is 2. The number of hydrogen-bond donors (Lipinski definition) is 3. The standard InChI is InChI=1S/C15H10N4O2/c20-10-4-2-1-3-9(10)13-14-12-8(7-16-14)5-6-11(21)17-15(12)19-18-13/h1-7,18,20H,(H,17,19,21). The third kappa shape index (κ3) is 1.69. The molecule has 0 atom stereocenters. The summed E-state index contributed by atoms with van der Waals surface area (Å²) in [6, 6.07) is 10.1. The Balaban J connectivity index is 2.17. The molecule has 0 aliphatic heterocycles. The van der Waals surface area contributed by atoms with E-state index < -0.39 is 0 Å². The molecule has 4 rings (SSSR count). The molecule has 3 N–H and O–H groups in total. The molecule has 3 heterocycles. The van der Waals surface area contributed by atoms with E-state index in [1.807, 2.05) is 6.07 Å². The van der Waals surface area contributed by atoms with E-state index >= 15 is 0 Å². The molecule has 0 saturated heterocycles. The van der Waals surface area contributed by atoms with Gasteiger partial charge in [-0.05, 0) is 18.2 Å². The molecule has 0 spiro atoms. The first-order chi connectivity index (χ1) is 10.2. The number of phenols is 1. The predicted molar refractivity (Wildman–Crippen MR) is 79.1 cm³/mol. The molecule has 0 radical (unpaired) electrons. The lowest BCUT2D eigenvalue weighted by molar-refractivity contribution is 0.477. The molecule has 0 unspecified atom stereocenters. The summed E-state index contributed by atoms with van der Waals surface area (Å²) in [5.41, 5.74) is 2.09. The maximum absolute atomic E-state index is 11.6. The van der Waals surface area contributed by atoms with Gasteiger partial charge in [-0.1, -0.05) is 12.1 Å². The first-order valence-corrected chi connectivity index (χ1v) is 6.38. The fraction of sp³-hybridized carbons (Fsp3) is 0. The summed E-state index contributed by atoms with van der Waals surface area (Å²) < 4.78 is 0. The summed E-state index contributed by atoms with van der Waals surface area (Å²) in [5.74, 6) is 0.142. The zero-order chi connectivity index (χ0) is 14.4. The van der Waals surface area contributed by atoms with Gasteiger partial charge in [-0.15, -0.1) is 0 Å². The van der Waals surface area contributed by atoms with Crippen molar-refractivity contribution in [3.63, 3.8) is 0 Å². The normalized spacial score (nSPS) is 11.2. The van der Waals surface area contributed by atoms with Crippen molar-refractivity contribution in [2.24, 2.45) is 0 Å². The van der Waals surface area contributed by atoms with E-state index in [1.165, 1.54) is 6.07 Å². The van der Waals surface area contributed by atoms with E-state index in [9.17, 15) is 9.90 Å². The summed E-state index contributed by atoms with van der Waals surface area (Å²) in [5, 5.41) is 18.6. The number of hydrogen-bond acceptors (Lipinski definition) is 4. The highest BCUT2D eigenvalue weighted by Gasteiger charge is 2.14. The maximum atomic E-state index is 11.6. The van der Waals surface area contributed by atoms with Gasteiger partial charge in [0.05, 0.1) is 11.1 Å². The van der Waals surface area contributed by atoms with Gasteiger partial charge in [0.25, 0.3) is 0 Å². The first-order valence-electron chi connectivity index (χ1n) is 6.38. The van der Waals surface area contributed by atoms with Crippen LogP contribution in [0.5, 0.6) is 5.75 Å². The molecule has 1 aromatic carbocycles. The van der Waals surface area contributed by atoms with Crippen LogP contribution < -0.4 is 5.56 Å². The van der Waals surface area contributed by atoms with Gasteiger partial charge in [0.15, 0.2) is 5.65 Å². The van der Waals surface area contributed by atoms with Crippen molar-refractivity contribution in [1.82, 2.24) is 20.2 Å². The molecule has 6 nitrogen and oxygen atoms in total. The molecule has 0 saturated carbocycles. The maximum Gasteiger partial charge on any atom is 0.249 e. The Kier molecular flexibility index (Phi) is 2.32. The second kappa shape index (κ2) is 4.17. The molecule has 21 heavy (non-hydrogen) atoms. The Hall–Kier alpha value is -3.15. The largest absolute Gasteiger partial charge is 0.507 e. The third-order valence-electron chi connectivity index (χ3n) is 3.44. The highest BCUT2D eigenvalue weighted by Crippen LogP contribution is 2.33. The van der Waals surface area contributed by atoms with Crippen LogP contribution in [0.1, 0.15) is 0 Å². The number of nitrogens with one attached hydrogen (secondary N) is 2. The zero-order valence-corrected chi connectivity index (χ0v) is 10.8. The van der Waals surface area contributed by atoms with Gasteiger partial charge in [-0.25, -0.2) is 0 Å². The van der Waals surface area contributed by atoms with Crippen LogP contribution in [-0.4, -0.2) is 25.3 Å². The Morgan fingerprint density at radius 2 is 1.95 bits per heavy atom. The average Bonchev–Trinajstić information content (AvgIpc) is 2.83. The molecule has 6 heteroatoms. The average molecular weight is 278 g/mol. The number of phenolic OH excluding ortho intramolecular Hbond substituents is 1. The number of para-hydroxylation sites is 1. The molecule has 3 aromatic heterocycles. The summed E-state index contributed by atoms with van der Waals surface area (Å²) in [4.78, 5) is 18.7.